The van der Waals surface area contributed by atoms with E-state index in [1.54, 1.807) is 24.9 Å². The van der Waals surface area contributed by atoms with Crippen LogP contribution in [0, 0.1) is 0 Å². The third-order valence-electron chi connectivity index (χ3n) is 5.96. The van der Waals surface area contributed by atoms with Gasteiger partial charge in [-0.2, -0.15) is 0 Å². The Balaban J connectivity index is 1.22. The van der Waals surface area contributed by atoms with E-state index < -0.39 is 0 Å². The van der Waals surface area contributed by atoms with Crippen molar-refractivity contribution in [2.75, 3.05) is 19.5 Å². The van der Waals surface area contributed by atoms with Crippen LogP contribution < -0.4 is 9.47 Å². The number of rotatable bonds is 9. The highest BCUT2D eigenvalue weighted by molar-refractivity contribution is 9.10. The maximum atomic E-state index is 12.9. The third-order valence-corrected chi connectivity index (χ3v) is 8.43. The molecule has 0 aromatic heterocycles. The number of benzene rings is 4. The van der Waals surface area contributed by atoms with Crippen LogP contribution in [0.3, 0.4) is 0 Å². The van der Waals surface area contributed by atoms with Crippen LogP contribution in [0.15, 0.2) is 99.2 Å². The van der Waals surface area contributed by atoms with Crippen LogP contribution in [-0.2, 0) is 11.3 Å². The SMILES string of the molecule is COc1cc(/C=C2\SC(=O)N(Cc3ccc(Br)cc3)C2=O)ccc1OCCSc1cccc2ccccc12. The number of methoxy groups -OCH3 is 1. The predicted molar refractivity (Wildman–Crippen MR) is 159 cm³/mol. The minimum atomic E-state index is -0.298. The lowest BCUT2D eigenvalue weighted by atomic mass is 10.1. The smallest absolute Gasteiger partial charge is 0.293 e. The molecule has 1 fully saturated rings. The summed E-state index contributed by atoms with van der Waals surface area (Å²) < 4.78 is 12.5. The summed E-state index contributed by atoms with van der Waals surface area (Å²) in [6, 6.07) is 27.7. The molecule has 1 saturated heterocycles. The van der Waals surface area contributed by atoms with Crippen molar-refractivity contribution in [2.24, 2.45) is 0 Å². The third kappa shape index (κ3) is 6.09. The number of carbonyl (C=O) groups is 2. The van der Waals surface area contributed by atoms with Crippen LogP contribution in [0.1, 0.15) is 11.1 Å². The van der Waals surface area contributed by atoms with Crippen LogP contribution in [0.25, 0.3) is 16.8 Å². The normalized spacial score (nSPS) is 14.5. The molecule has 1 aliphatic heterocycles. The van der Waals surface area contributed by atoms with Gasteiger partial charge < -0.3 is 9.47 Å². The molecular formula is C30H24BrNO4S2. The van der Waals surface area contributed by atoms with Crippen molar-refractivity contribution in [3.63, 3.8) is 0 Å². The highest BCUT2D eigenvalue weighted by Crippen LogP contribution is 2.36. The second-order valence-corrected chi connectivity index (χ2v) is 11.5. The summed E-state index contributed by atoms with van der Waals surface area (Å²) in [7, 11) is 1.59. The first-order valence-corrected chi connectivity index (χ1v) is 14.5. The molecule has 0 atom stereocenters. The second kappa shape index (κ2) is 12.1. The van der Waals surface area contributed by atoms with E-state index >= 15 is 0 Å². The zero-order valence-corrected chi connectivity index (χ0v) is 23.8. The molecule has 192 valence electrons. The molecule has 0 N–H and O–H groups in total. The molecule has 4 aromatic rings. The van der Waals surface area contributed by atoms with E-state index in [1.807, 2.05) is 48.5 Å². The quantitative estimate of drug-likeness (QED) is 0.109. The summed E-state index contributed by atoms with van der Waals surface area (Å²) in [5.74, 6) is 1.69. The fourth-order valence-electron chi connectivity index (χ4n) is 4.08. The fraction of sp³-hybridized carbons (Fsp3) is 0.133. The number of carbonyl (C=O) groups excluding carboxylic acids is 2. The number of hydrogen-bond acceptors (Lipinski definition) is 6. The monoisotopic (exact) mass is 605 g/mol. The molecule has 0 aliphatic carbocycles. The zero-order chi connectivity index (χ0) is 26.5. The van der Waals surface area contributed by atoms with Crippen molar-refractivity contribution in [3.8, 4) is 11.5 Å². The first kappa shape index (κ1) is 26.4. The van der Waals surface area contributed by atoms with E-state index in [9.17, 15) is 9.59 Å². The van der Waals surface area contributed by atoms with Crippen LogP contribution in [0.5, 0.6) is 11.5 Å². The lowest BCUT2D eigenvalue weighted by Crippen LogP contribution is -2.27. The summed E-state index contributed by atoms with van der Waals surface area (Å²) in [6.45, 7) is 0.751. The van der Waals surface area contributed by atoms with Gasteiger partial charge in [0, 0.05) is 15.1 Å². The molecule has 0 unspecified atom stereocenters. The molecule has 1 heterocycles. The van der Waals surface area contributed by atoms with Gasteiger partial charge >= 0.3 is 0 Å². The number of ether oxygens (including phenoxy) is 2. The first-order chi connectivity index (χ1) is 18.5. The van der Waals surface area contributed by atoms with E-state index in [0.29, 0.717) is 23.0 Å². The minimum absolute atomic E-state index is 0.238. The first-order valence-electron chi connectivity index (χ1n) is 11.9. The van der Waals surface area contributed by atoms with Gasteiger partial charge in [0.15, 0.2) is 11.5 Å². The van der Waals surface area contributed by atoms with Crippen molar-refractivity contribution < 1.29 is 19.1 Å². The summed E-state index contributed by atoms with van der Waals surface area (Å²) >= 11 is 6.10. The maximum absolute atomic E-state index is 12.9. The van der Waals surface area contributed by atoms with Crippen molar-refractivity contribution in [1.82, 2.24) is 4.90 Å². The van der Waals surface area contributed by atoms with Gasteiger partial charge in [0.2, 0.25) is 0 Å². The number of fused-ring (bicyclic) bond motifs is 1. The Morgan fingerprint density at radius 3 is 2.55 bits per heavy atom. The Bertz CT molecular complexity index is 1520. The number of amides is 2. The van der Waals surface area contributed by atoms with Gasteiger partial charge in [0.25, 0.3) is 11.1 Å². The van der Waals surface area contributed by atoms with Crippen molar-refractivity contribution in [1.29, 1.82) is 0 Å². The van der Waals surface area contributed by atoms with Crippen molar-refractivity contribution >= 4 is 67.4 Å². The van der Waals surface area contributed by atoms with Gasteiger partial charge in [-0.15, -0.1) is 11.8 Å². The van der Waals surface area contributed by atoms with Gasteiger partial charge in [-0.25, -0.2) is 0 Å². The van der Waals surface area contributed by atoms with Gasteiger partial charge in [0.1, 0.15) is 0 Å². The lowest BCUT2D eigenvalue weighted by molar-refractivity contribution is -0.123. The van der Waals surface area contributed by atoms with Crippen molar-refractivity contribution in [2.45, 2.75) is 11.4 Å². The second-order valence-electron chi connectivity index (χ2n) is 8.48. The van der Waals surface area contributed by atoms with Crippen LogP contribution in [-0.4, -0.2) is 35.5 Å². The fourth-order valence-corrected chi connectivity index (χ4v) is 6.08. The van der Waals surface area contributed by atoms with E-state index in [0.717, 1.165) is 33.1 Å². The topological polar surface area (TPSA) is 55.8 Å². The Hall–Kier alpha value is -3.20. The number of halogens is 1. The standard InChI is InChI=1S/C30H24BrNO4S2/c1-35-26-17-21(18-28-29(33)32(30(34)38-28)19-20-9-12-23(31)13-10-20)11-14-25(26)36-15-16-37-27-8-4-6-22-5-2-3-7-24(22)27/h2-14,17-18H,15-16,19H2,1H3/b28-18-. The van der Waals surface area contributed by atoms with Gasteiger partial charge in [-0.05, 0) is 70.1 Å². The van der Waals surface area contributed by atoms with E-state index in [4.69, 9.17) is 9.47 Å². The molecular weight excluding hydrogens is 582 g/mol. The molecule has 5 nitrogen and oxygen atoms in total. The molecule has 0 spiro atoms. The van der Waals surface area contributed by atoms with E-state index in [1.165, 1.54) is 20.6 Å². The molecule has 4 aromatic carbocycles. The Morgan fingerprint density at radius 1 is 0.947 bits per heavy atom. The van der Waals surface area contributed by atoms with Crippen LogP contribution in [0.2, 0.25) is 0 Å². The summed E-state index contributed by atoms with van der Waals surface area (Å²) in [4.78, 5) is 28.3. The molecule has 0 bridgehead atoms. The average Bonchev–Trinajstić information content (AvgIpc) is 3.20. The molecule has 0 radical (unpaired) electrons. The average molecular weight is 607 g/mol. The molecule has 0 saturated carbocycles. The summed E-state index contributed by atoms with van der Waals surface area (Å²) in [5, 5.41) is 2.19. The van der Waals surface area contributed by atoms with Gasteiger partial charge in [-0.1, -0.05) is 70.5 Å². The number of thioether (sulfide) groups is 2. The van der Waals surface area contributed by atoms with Gasteiger partial charge in [0.05, 0.1) is 25.2 Å². The van der Waals surface area contributed by atoms with Crippen molar-refractivity contribution in [3.05, 3.63) is 105 Å². The molecule has 1 aliphatic rings. The minimum Gasteiger partial charge on any atom is -0.493 e. The number of nitrogens with zero attached hydrogens (tertiary/aromatic N) is 1. The maximum Gasteiger partial charge on any atom is 0.293 e. The Labute approximate surface area is 238 Å². The highest BCUT2D eigenvalue weighted by Gasteiger charge is 2.35. The highest BCUT2D eigenvalue weighted by atomic mass is 79.9. The molecule has 38 heavy (non-hydrogen) atoms. The Morgan fingerprint density at radius 2 is 1.74 bits per heavy atom. The largest absolute Gasteiger partial charge is 0.493 e. The lowest BCUT2D eigenvalue weighted by Gasteiger charge is -2.13. The summed E-state index contributed by atoms with van der Waals surface area (Å²) in [5.41, 5.74) is 1.65. The number of hydrogen-bond donors (Lipinski definition) is 0. The Kier molecular flexibility index (Phi) is 8.42. The zero-order valence-electron chi connectivity index (χ0n) is 20.6. The number of imide groups is 1. The molecule has 2 amide bonds. The van der Waals surface area contributed by atoms with Gasteiger partial charge in [-0.3, -0.25) is 14.5 Å². The summed E-state index contributed by atoms with van der Waals surface area (Å²) in [6.07, 6.45) is 1.72. The predicted octanol–water partition coefficient (Wildman–Crippen LogP) is 8.02. The van der Waals surface area contributed by atoms with E-state index in [2.05, 4.69) is 52.3 Å². The van der Waals surface area contributed by atoms with Crippen LogP contribution in [0.4, 0.5) is 4.79 Å². The van der Waals surface area contributed by atoms with Crippen LogP contribution >= 0.6 is 39.5 Å². The van der Waals surface area contributed by atoms with E-state index in [-0.39, 0.29) is 17.7 Å². The molecule has 5 rings (SSSR count). The molecule has 8 heteroatoms.